The Morgan fingerprint density at radius 2 is 1.96 bits per heavy atom. The summed E-state index contributed by atoms with van der Waals surface area (Å²) in [7, 11) is 1.60. The third kappa shape index (κ3) is 2.47. The molecule has 1 saturated heterocycles. The van der Waals surface area contributed by atoms with Gasteiger partial charge in [0.1, 0.15) is 0 Å². The minimum atomic E-state index is -0.488. The Hall–Kier alpha value is -2.78. The normalized spacial score (nSPS) is 21.1. The Morgan fingerprint density at radius 1 is 1.19 bits per heavy atom. The number of benzene rings is 1. The average molecular weight is 384 g/mol. The number of amidine groups is 1. The second kappa shape index (κ2) is 6.19. The molecule has 1 fully saturated rings. The van der Waals surface area contributed by atoms with Crippen molar-refractivity contribution in [1.82, 2.24) is 9.88 Å². The van der Waals surface area contributed by atoms with Crippen molar-refractivity contribution in [3.63, 3.8) is 0 Å². The highest BCUT2D eigenvalue weighted by atomic mass is 32.2. The van der Waals surface area contributed by atoms with E-state index in [0.717, 1.165) is 16.7 Å². The van der Waals surface area contributed by atoms with E-state index in [1.165, 1.54) is 23.2 Å². The van der Waals surface area contributed by atoms with Crippen LogP contribution in [0.25, 0.3) is 5.57 Å². The zero-order valence-corrected chi connectivity index (χ0v) is 15.4. The Morgan fingerprint density at radius 3 is 2.65 bits per heavy atom. The molecule has 9 heteroatoms. The summed E-state index contributed by atoms with van der Waals surface area (Å²) in [6, 6.07) is 6.96. The molecule has 0 aliphatic carbocycles. The van der Waals surface area contributed by atoms with E-state index in [1.54, 1.807) is 42.9 Å². The van der Waals surface area contributed by atoms with E-state index in [1.807, 2.05) is 0 Å². The van der Waals surface area contributed by atoms with Gasteiger partial charge in [-0.25, -0.2) is 9.88 Å². The van der Waals surface area contributed by atoms with Crippen molar-refractivity contribution in [2.75, 3.05) is 11.9 Å². The van der Waals surface area contributed by atoms with Crippen LogP contribution in [0.2, 0.25) is 0 Å². The predicted molar refractivity (Wildman–Crippen MR) is 101 cm³/mol. The first kappa shape index (κ1) is 16.7. The zero-order valence-electron chi connectivity index (χ0n) is 13.8. The number of imide groups is 1. The predicted octanol–water partition coefficient (Wildman–Crippen LogP) is 2.64. The third-order valence-electron chi connectivity index (χ3n) is 3.96. The van der Waals surface area contributed by atoms with E-state index in [2.05, 4.69) is 9.98 Å². The number of nitrogens with zero attached hydrogens (tertiary/aromatic N) is 4. The van der Waals surface area contributed by atoms with Crippen LogP contribution in [0.5, 0.6) is 0 Å². The number of aromatic nitrogens is 1. The molecule has 2 aliphatic rings. The molecule has 0 saturated carbocycles. The topological polar surface area (TPSA) is 82.9 Å². The fraction of sp³-hybridized carbons (Fsp3) is 0.118. The van der Waals surface area contributed by atoms with Crippen molar-refractivity contribution in [1.29, 1.82) is 0 Å². The van der Waals surface area contributed by atoms with E-state index in [0.29, 0.717) is 21.6 Å². The molecule has 0 bridgehead atoms. The number of fused-ring (bicyclic) bond motifs is 1. The molecule has 26 heavy (non-hydrogen) atoms. The number of anilines is 1. The standard InChI is InChI=1S/C17H12N4O3S2/c1-9(22)21-11-6-4-3-5-10(11)12(14(21)23)13-15(24)20(2)17(26-13)19-16-18-7-8-25-16/h3-8H,1-2H3/b13-12-,19-17+. The number of thioether (sulfide) groups is 1. The first-order valence-corrected chi connectivity index (χ1v) is 9.31. The number of likely N-dealkylation sites (N-methyl/N-ethyl adjacent to an activating group) is 1. The number of carbonyl (C=O) groups excluding carboxylic acids is 3. The fourth-order valence-corrected chi connectivity index (χ4v) is 4.42. The van der Waals surface area contributed by atoms with Crippen LogP contribution in [0.3, 0.4) is 0 Å². The Bertz CT molecular complexity index is 1010. The van der Waals surface area contributed by atoms with E-state index in [4.69, 9.17) is 0 Å². The van der Waals surface area contributed by atoms with E-state index in [9.17, 15) is 14.4 Å². The maximum atomic E-state index is 12.9. The quantitative estimate of drug-likeness (QED) is 0.706. The van der Waals surface area contributed by atoms with E-state index in [-0.39, 0.29) is 16.4 Å². The Balaban J connectivity index is 1.85. The third-order valence-corrected chi connectivity index (χ3v) is 5.76. The lowest BCUT2D eigenvalue weighted by molar-refractivity contribution is -0.123. The lowest BCUT2D eigenvalue weighted by Gasteiger charge is -2.11. The molecule has 0 spiro atoms. The van der Waals surface area contributed by atoms with Gasteiger partial charge in [0.2, 0.25) is 11.0 Å². The number of aliphatic imine (C=N–C) groups is 1. The van der Waals surface area contributed by atoms with Crippen molar-refractivity contribution in [2.45, 2.75) is 6.92 Å². The summed E-state index contributed by atoms with van der Waals surface area (Å²) in [5.74, 6) is -1.20. The lowest BCUT2D eigenvalue weighted by Crippen LogP contribution is -2.31. The second-order valence-corrected chi connectivity index (χ2v) is 7.41. The molecule has 0 radical (unpaired) electrons. The number of thiazole rings is 1. The van der Waals surface area contributed by atoms with Crippen LogP contribution in [0.1, 0.15) is 12.5 Å². The highest BCUT2D eigenvalue weighted by Gasteiger charge is 2.42. The van der Waals surface area contributed by atoms with Gasteiger partial charge in [-0.3, -0.25) is 19.3 Å². The number of amides is 3. The molecule has 3 amide bonds. The van der Waals surface area contributed by atoms with Gasteiger partial charge in [0.05, 0.1) is 16.2 Å². The van der Waals surface area contributed by atoms with Gasteiger partial charge in [-0.15, -0.1) is 11.3 Å². The van der Waals surface area contributed by atoms with Gasteiger partial charge >= 0.3 is 0 Å². The summed E-state index contributed by atoms with van der Waals surface area (Å²) in [6.45, 7) is 1.33. The monoisotopic (exact) mass is 384 g/mol. The molecule has 130 valence electrons. The molecule has 0 unspecified atom stereocenters. The first-order chi connectivity index (χ1) is 12.5. The summed E-state index contributed by atoms with van der Waals surface area (Å²) < 4.78 is 0. The maximum Gasteiger partial charge on any atom is 0.267 e. The van der Waals surface area contributed by atoms with Crippen LogP contribution in [-0.4, -0.2) is 39.8 Å². The molecule has 3 heterocycles. The van der Waals surface area contributed by atoms with Crippen LogP contribution < -0.4 is 4.90 Å². The first-order valence-electron chi connectivity index (χ1n) is 7.62. The summed E-state index contributed by atoms with van der Waals surface area (Å²) in [5, 5.41) is 2.77. The molecular weight excluding hydrogens is 372 g/mol. The van der Waals surface area contributed by atoms with Gasteiger partial charge in [0.15, 0.2) is 5.17 Å². The maximum absolute atomic E-state index is 12.9. The largest absolute Gasteiger partial charge is 0.289 e. The van der Waals surface area contributed by atoms with E-state index >= 15 is 0 Å². The van der Waals surface area contributed by atoms with E-state index < -0.39 is 11.8 Å². The molecular formula is C17H12N4O3S2. The molecule has 2 aliphatic heterocycles. The van der Waals surface area contributed by atoms with Crippen LogP contribution >= 0.6 is 23.1 Å². The molecule has 7 nitrogen and oxygen atoms in total. The van der Waals surface area contributed by atoms with Crippen molar-refractivity contribution < 1.29 is 14.4 Å². The summed E-state index contributed by atoms with van der Waals surface area (Å²) in [5.41, 5.74) is 1.31. The fourth-order valence-electron chi connectivity index (χ4n) is 2.80. The molecule has 2 aromatic rings. The zero-order chi connectivity index (χ0) is 18.4. The minimum Gasteiger partial charge on any atom is -0.289 e. The van der Waals surface area contributed by atoms with Gasteiger partial charge in [-0.05, 0) is 17.8 Å². The van der Waals surface area contributed by atoms with Crippen LogP contribution in [-0.2, 0) is 14.4 Å². The number of rotatable bonds is 1. The number of hydrogen-bond donors (Lipinski definition) is 0. The van der Waals surface area contributed by atoms with Gasteiger partial charge in [-0.1, -0.05) is 18.2 Å². The molecule has 1 aromatic carbocycles. The number of carbonyl (C=O) groups is 3. The highest BCUT2D eigenvalue weighted by Crippen LogP contribution is 2.44. The van der Waals surface area contributed by atoms with Crippen molar-refractivity contribution in [2.24, 2.45) is 4.99 Å². The molecule has 1 aromatic heterocycles. The van der Waals surface area contributed by atoms with Crippen LogP contribution in [0.15, 0.2) is 45.7 Å². The SMILES string of the molecule is CC(=O)N1C(=O)/C(=C2\S/C(=N/c3nccs3)N(C)C2=O)c2ccccc21. The lowest BCUT2D eigenvalue weighted by atomic mass is 10.1. The number of para-hydroxylation sites is 1. The Kier molecular flexibility index (Phi) is 3.97. The van der Waals surface area contributed by atoms with Crippen molar-refractivity contribution >= 4 is 62.4 Å². The van der Waals surface area contributed by atoms with Gasteiger partial charge in [0, 0.05) is 31.1 Å². The summed E-state index contributed by atoms with van der Waals surface area (Å²) in [4.78, 5) is 48.8. The van der Waals surface area contributed by atoms with Crippen LogP contribution in [0, 0.1) is 0 Å². The van der Waals surface area contributed by atoms with Gasteiger partial charge in [-0.2, -0.15) is 4.99 Å². The van der Waals surface area contributed by atoms with Gasteiger partial charge < -0.3 is 0 Å². The second-order valence-electron chi connectivity index (χ2n) is 5.56. The van der Waals surface area contributed by atoms with Gasteiger partial charge in [0.25, 0.3) is 11.8 Å². The Labute approximate surface area is 157 Å². The average Bonchev–Trinajstić information content (AvgIpc) is 3.28. The molecule has 0 atom stereocenters. The number of hydrogen-bond acceptors (Lipinski definition) is 7. The molecule has 0 N–H and O–H groups in total. The van der Waals surface area contributed by atoms with Crippen LogP contribution in [0.4, 0.5) is 10.8 Å². The molecule has 4 rings (SSSR count). The minimum absolute atomic E-state index is 0.238. The highest BCUT2D eigenvalue weighted by molar-refractivity contribution is 8.18. The van der Waals surface area contributed by atoms with Crippen molar-refractivity contribution in [3.8, 4) is 0 Å². The summed E-state index contributed by atoms with van der Waals surface area (Å²) in [6.07, 6.45) is 1.63. The van der Waals surface area contributed by atoms with Crippen molar-refractivity contribution in [3.05, 3.63) is 46.3 Å². The smallest absolute Gasteiger partial charge is 0.267 e. The summed E-state index contributed by atoms with van der Waals surface area (Å²) >= 11 is 2.47.